The maximum absolute atomic E-state index is 3.51. The van der Waals surface area contributed by atoms with Crippen molar-refractivity contribution in [1.29, 1.82) is 0 Å². The van der Waals surface area contributed by atoms with Gasteiger partial charge in [-0.15, -0.1) is 23.5 Å². The molecule has 2 aromatic rings. The number of rotatable bonds is 1. The van der Waals surface area contributed by atoms with Crippen LogP contribution in [0.5, 0.6) is 0 Å². The van der Waals surface area contributed by atoms with Gasteiger partial charge < -0.3 is 0 Å². The van der Waals surface area contributed by atoms with Crippen LogP contribution in [0.4, 0.5) is 0 Å². The fourth-order valence-electron chi connectivity index (χ4n) is 2.40. The van der Waals surface area contributed by atoms with Crippen molar-refractivity contribution >= 4 is 39.5 Å². The number of benzene rings is 2. The number of halogens is 1. The first-order chi connectivity index (χ1) is 9.63. The second kappa shape index (κ2) is 6.17. The van der Waals surface area contributed by atoms with Crippen LogP contribution in [-0.4, -0.2) is 0 Å². The SMILES string of the molecule is Cc1cc2c(cc1C)CSC(c1ccc(Br)cc1)SC2. The molecule has 3 rings (SSSR count). The molecule has 0 bridgehead atoms. The third-order valence-electron chi connectivity index (χ3n) is 3.74. The van der Waals surface area contributed by atoms with E-state index >= 15 is 0 Å². The first-order valence-corrected chi connectivity index (χ1v) is 9.60. The largest absolute Gasteiger partial charge is 0.138 e. The van der Waals surface area contributed by atoms with Gasteiger partial charge in [-0.1, -0.05) is 40.2 Å². The summed E-state index contributed by atoms with van der Waals surface area (Å²) in [6.45, 7) is 4.43. The van der Waals surface area contributed by atoms with E-state index in [0.717, 1.165) is 16.0 Å². The molecule has 0 atom stereocenters. The molecular formula is C17H17BrS2. The Morgan fingerprint density at radius 1 is 0.900 bits per heavy atom. The predicted molar refractivity (Wildman–Crippen MR) is 95.4 cm³/mol. The maximum Gasteiger partial charge on any atom is 0.0757 e. The van der Waals surface area contributed by atoms with Gasteiger partial charge in [-0.2, -0.15) is 0 Å². The third-order valence-corrected chi connectivity index (χ3v) is 7.19. The van der Waals surface area contributed by atoms with Gasteiger partial charge in [-0.3, -0.25) is 0 Å². The van der Waals surface area contributed by atoms with E-state index in [4.69, 9.17) is 0 Å². The van der Waals surface area contributed by atoms with E-state index in [1.54, 1.807) is 0 Å². The standard InChI is InChI=1S/C17H17BrS2/c1-11-7-14-9-19-17(13-3-5-16(18)6-4-13)20-10-15(14)8-12(11)2/h3-8,17H,9-10H2,1-2H3. The van der Waals surface area contributed by atoms with Crippen molar-refractivity contribution in [3.05, 3.63) is 68.7 Å². The van der Waals surface area contributed by atoms with Crippen molar-refractivity contribution in [2.24, 2.45) is 0 Å². The summed E-state index contributed by atoms with van der Waals surface area (Å²) in [6.07, 6.45) is 0. The summed E-state index contributed by atoms with van der Waals surface area (Å²) in [7, 11) is 0. The van der Waals surface area contributed by atoms with Crippen LogP contribution in [0.2, 0.25) is 0 Å². The Morgan fingerprint density at radius 3 is 1.90 bits per heavy atom. The van der Waals surface area contributed by atoms with Gasteiger partial charge >= 0.3 is 0 Å². The molecule has 0 fully saturated rings. The molecule has 20 heavy (non-hydrogen) atoms. The molecule has 0 spiro atoms. The second-order valence-corrected chi connectivity index (χ2v) is 8.61. The first kappa shape index (κ1) is 14.6. The van der Waals surface area contributed by atoms with Gasteiger partial charge in [0.2, 0.25) is 0 Å². The third kappa shape index (κ3) is 3.10. The molecule has 0 radical (unpaired) electrons. The molecule has 0 saturated heterocycles. The van der Waals surface area contributed by atoms with Gasteiger partial charge in [0.1, 0.15) is 0 Å². The van der Waals surface area contributed by atoms with Crippen LogP contribution in [0, 0.1) is 13.8 Å². The molecule has 0 nitrogen and oxygen atoms in total. The Kier molecular flexibility index (Phi) is 4.49. The Labute approximate surface area is 137 Å². The minimum absolute atomic E-state index is 0.538. The minimum Gasteiger partial charge on any atom is -0.138 e. The molecule has 0 aliphatic carbocycles. The molecule has 104 valence electrons. The van der Waals surface area contributed by atoms with Crippen LogP contribution in [0.15, 0.2) is 40.9 Å². The lowest BCUT2D eigenvalue weighted by Crippen LogP contribution is -1.92. The van der Waals surface area contributed by atoms with Gasteiger partial charge in [0.05, 0.1) is 4.58 Å². The van der Waals surface area contributed by atoms with Crippen molar-refractivity contribution in [3.63, 3.8) is 0 Å². The number of hydrogen-bond donors (Lipinski definition) is 0. The smallest absolute Gasteiger partial charge is 0.0757 e. The topological polar surface area (TPSA) is 0 Å². The lowest BCUT2D eigenvalue weighted by molar-refractivity contribution is 1.22. The van der Waals surface area contributed by atoms with Gasteiger partial charge in [-0.05, 0) is 53.8 Å². The summed E-state index contributed by atoms with van der Waals surface area (Å²) < 4.78 is 1.69. The van der Waals surface area contributed by atoms with E-state index in [9.17, 15) is 0 Å². The Balaban J connectivity index is 1.83. The lowest BCUT2D eigenvalue weighted by atomic mass is 10.0. The summed E-state index contributed by atoms with van der Waals surface area (Å²) >= 11 is 7.61. The number of fused-ring (bicyclic) bond motifs is 1. The van der Waals surface area contributed by atoms with E-state index in [-0.39, 0.29) is 0 Å². The highest BCUT2D eigenvalue weighted by Gasteiger charge is 2.19. The van der Waals surface area contributed by atoms with Gasteiger partial charge in [-0.25, -0.2) is 0 Å². The van der Waals surface area contributed by atoms with Gasteiger partial charge in [0, 0.05) is 16.0 Å². The fourth-order valence-corrected chi connectivity index (χ4v) is 5.35. The number of aryl methyl sites for hydroxylation is 2. The molecule has 3 heteroatoms. The molecule has 0 amide bonds. The zero-order valence-corrected chi connectivity index (χ0v) is 14.9. The van der Waals surface area contributed by atoms with Crippen LogP contribution >= 0.6 is 39.5 Å². The lowest BCUT2D eigenvalue weighted by Gasteiger charge is -2.13. The summed E-state index contributed by atoms with van der Waals surface area (Å²) in [6, 6.07) is 13.5. The monoisotopic (exact) mass is 364 g/mol. The second-order valence-electron chi connectivity index (χ2n) is 5.21. The van der Waals surface area contributed by atoms with Crippen molar-refractivity contribution in [1.82, 2.24) is 0 Å². The zero-order chi connectivity index (χ0) is 14.1. The van der Waals surface area contributed by atoms with Crippen molar-refractivity contribution in [2.75, 3.05) is 0 Å². The molecular weight excluding hydrogens is 348 g/mol. The average Bonchev–Trinajstić information content (AvgIpc) is 2.63. The summed E-state index contributed by atoms with van der Waals surface area (Å²) in [4.78, 5) is 0. The van der Waals surface area contributed by atoms with Gasteiger partial charge in [0.25, 0.3) is 0 Å². The summed E-state index contributed by atoms with van der Waals surface area (Å²) in [5.74, 6) is 2.23. The molecule has 0 N–H and O–H groups in total. The Morgan fingerprint density at radius 2 is 1.40 bits per heavy atom. The van der Waals surface area contributed by atoms with E-state index in [0.29, 0.717) is 4.58 Å². The van der Waals surface area contributed by atoms with E-state index in [1.807, 2.05) is 23.5 Å². The highest BCUT2D eigenvalue weighted by molar-refractivity contribution is 9.10. The Bertz CT molecular complexity index is 587. The average molecular weight is 365 g/mol. The van der Waals surface area contributed by atoms with Crippen LogP contribution in [0.3, 0.4) is 0 Å². The van der Waals surface area contributed by atoms with E-state index in [2.05, 4.69) is 66.2 Å². The molecule has 0 saturated carbocycles. The van der Waals surface area contributed by atoms with E-state index < -0.39 is 0 Å². The van der Waals surface area contributed by atoms with Crippen LogP contribution in [0.25, 0.3) is 0 Å². The highest BCUT2D eigenvalue weighted by Crippen LogP contribution is 2.46. The quantitative estimate of drug-likeness (QED) is 0.586. The molecule has 1 aliphatic heterocycles. The molecule has 2 aromatic carbocycles. The summed E-state index contributed by atoms with van der Waals surface area (Å²) in [5.41, 5.74) is 7.28. The van der Waals surface area contributed by atoms with Crippen molar-refractivity contribution in [3.8, 4) is 0 Å². The molecule has 1 aliphatic rings. The number of thioether (sulfide) groups is 2. The predicted octanol–water partition coefficient (Wildman–Crippen LogP) is 6.24. The fraction of sp³-hybridized carbons (Fsp3) is 0.294. The van der Waals surface area contributed by atoms with E-state index in [1.165, 1.54) is 27.8 Å². The van der Waals surface area contributed by atoms with Crippen LogP contribution in [-0.2, 0) is 11.5 Å². The zero-order valence-electron chi connectivity index (χ0n) is 11.7. The van der Waals surface area contributed by atoms with Gasteiger partial charge in [0.15, 0.2) is 0 Å². The molecule has 0 aromatic heterocycles. The molecule has 0 unspecified atom stereocenters. The maximum atomic E-state index is 3.51. The summed E-state index contributed by atoms with van der Waals surface area (Å²) in [5, 5.41) is 0. The van der Waals surface area contributed by atoms with Crippen molar-refractivity contribution < 1.29 is 0 Å². The van der Waals surface area contributed by atoms with Crippen molar-refractivity contribution in [2.45, 2.75) is 29.9 Å². The first-order valence-electron chi connectivity index (χ1n) is 6.71. The molecule has 1 heterocycles. The number of hydrogen-bond acceptors (Lipinski definition) is 2. The Hall–Kier alpha value is -0.380. The minimum atomic E-state index is 0.538. The normalized spacial score (nSPS) is 15.8. The van der Waals surface area contributed by atoms with Crippen LogP contribution in [0.1, 0.15) is 32.4 Å². The van der Waals surface area contributed by atoms with Crippen LogP contribution < -0.4 is 0 Å². The highest BCUT2D eigenvalue weighted by atomic mass is 79.9.